The van der Waals surface area contributed by atoms with Crippen LogP contribution in [0.1, 0.15) is 0 Å². The quantitative estimate of drug-likeness (QED) is 0.244. The Bertz CT molecular complexity index is 1590. The Kier molecular flexibility index (Phi) is 4.29. The first kappa shape index (κ1) is 18.2. The average molecular weight is 461 g/mol. The van der Waals surface area contributed by atoms with E-state index in [0.717, 1.165) is 38.0 Å². The molecule has 0 bridgehead atoms. The molecule has 0 radical (unpaired) electrons. The first-order valence-corrected chi connectivity index (χ1v) is 11.0. The minimum atomic E-state index is 0.742. The molecule has 146 valence electrons. The number of fused-ring (bicyclic) bond motifs is 4. The molecule has 0 N–H and O–H groups in total. The summed E-state index contributed by atoms with van der Waals surface area (Å²) in [5, 5.41) is 5.98. The zero-order valence-corrected chi connectivity index (χ0v) is 18.2. The number of halogens is 1. The van der Waals surface area contributed by atoms with Gasteiger partial charge in [-0.2, -0.15) is 0 Å². The highest BCUT2D eigenvalue weighted by atomic mass is 79.9. The number of hydrogen-bond donors (Lipinski definition) is 0. The van der Waals surface area contributed by atoms with E-state index in [1.807, 2.05) is 24.3 Å². The van der Waals surface area contributed by atoms with Crippen molar-refractivity contribution in [2.75, 3.05) is 0 Å². The highest BCUT2D eigenvalue weighted by Gasteiger charge is 2.12. The van der Waals surface area contributed by atoms with Crippen LogP contribution in [-0.4, -0.2) is 9.97 Å². The van der Waals surface area contributed by atoms with Crippen LogP contribution in [0.15, 0.2) is 108 Å². The van der Waals surface area contributed by atoms with E-state index in [1.54, 1.807) is 0 Å². The zero-order chi connectivity index (χ0) is 20.8. The minimum Gasteiger partial charge on any atom is -0.228 e. The van der Waals surface area contributed by atoms with Gasteiger partial charge in [0, 0.05) is 21.0 Å². The van der Waals surface area contributed by atoms with Gasteiger partial charge in [0.15, 0.2) is 5.82 Å². The predicted molar refractivity (Wildman–Crippen MR) is 133 cm³/mol. The summed E-state index contributed by atoms with van der Waals surface area (Å²) < 4.78 is 1.05. The van der Waals surface area contributed by atoms with E-state index in [0.29, 0.717) is 0 Å². The largest absolute Gasteiger partial charge is 0.228 e. The highest BCUT2D eigenvalue weighted by Crippen LogP contribution is 2.32. The van der Waals surface area contributed by atoms with Gasteiger partial charge in [0.2, 0.25) is 0 Å². The maximum atomic E-state index is 5.03. The van der Waals surface area contributed by atoms with Crippen molar-refractivity contribution in [2.45, 2.75) is 0 Å². The van der Waals surface area contributed by atoms with Crippen LogP contribution in [0.5, 0.6) is 0 Å². The molecular formula is C28H17BrN2. The number of nitrogens with zero attached hydrogens (tertiary/aromatic N) is 2. The lowest BCUT2D eigenvalue weighted by molar-refractivity contribution is 1.23. The second kappa shape index (κ2) is 7.29. The molecule has 0 aliphatic heterocycles. The fraction of sp³-hybridized carbons (Fsp3) is 0. The van der Waals surface area contributed by atoms with Crippen molar-refractivity contribution < 1.29 is 0 Å². The van der Waals surface area contributed by atoms with E-state index in [4.69, 9.17) is 9.97 Å². The number of rotatable bonds is 2. The lowest BCUT2D eigenvalue weighted by atomic mass is 9.99. The van der Waals surface area contributed by atoms with Crippen LogP contribution >= 0.6 is 15.9 Å². The van der Waals surface area contributed by atoms with E-state index in [-0.39, 0.29) is 0 Å². The lowest BCUT2D eigenvalue weighted by Gasteiger charge is -2.11. The van der Waals surface area contributed by atoms with Crippen LogP contribution in [-0.2, 0) is 0 Å². The Morgan fingerprint density at radius 3 is 2.00 bits per heavy atom. The SMILES string of the molecule is Brc1ccc(-c2nc(-c3ccc4ccc5ccccc5c4c3)nc3ccccc23)cc1. The summed E-state index contributed by atoms with van der Waals surface area (Å²) in [6, 6.07) is 35.8. The molecule has 0 aliphatic rings. The third kappa shape index (κ3) is 3.18. The van der Waals surface area contributed by atoms with Gasteiger partial charge in [0.25, 0.3) is 0 Å². The van der Waals surface area contributed by atoms with E-state index >= 15 is 0 Å². The summed E-state index contributed by atoms with van der Waals surface area (Å²) in [5.41, 5.74) is 4.00. The smallest absolute Gasteiger partial charge is 0.160 e. The zero-order valence-electron chi connectivity index (χ0n) is 16.6. The number of benzene rings is 5. The van der Waals surface area contributed by atoms with Crippen molar-refractivity contribution in [3.63, 3.8) is 0 Å². The third-order valence-corrected chi connectivity index (χ3v) is 6.25. The molecule has 1 aromatic heterocycles. The van der Waals surface area contributed by atoms with Crippen molar-refractivity contribution in [2.24, 2.45) is 0 Å². The van der Waals surface area contributed by atoms with Crippen LogP contribution in [0.4, 0.5) is 0 Å². The van der Waals surface area contributed by atoms with E-state index < -0.39 is 0 Å². The molecule has 0 unspecified atom stereocenters. The molecular weight excluding hydrogens is 444 g/mol. The van der Waals surface area contributed by atoms with Crippen molar-refractivity contribution in [3.05, 3.63) is 108 Å². The van der Waals surface area contributed by atoms with Crippen LogP contribution in [0.25, 0.3) is 55.1 Å². The summed E-state index contributed by atoms with van der Waals surface area (Å²) in [5.74, 6) is 0.742. The Morgan fingerprint density at radius 1 is 0.516 bits per heavy atom. The Morgan fingerprint density at radius 2 is 1.16 bits per heavy atom. The summed E-state index contributed by atoms with van der Waals surface area (Å²) in [4.78, 5) is 9.95. The normalized spacial score (nSPS) is 11.4. The van der Waals surface area contributed by atoms with Crippen LogP contribution < -0.4 is 0 Å². The molecule has 6 aromatic rings. The van der Waals surface area contributed by atoms with Gasteiger partial charge in [-0.05, 0) is 45.8 Å². The Balaban J connectivity index is 1.62. The average Bonchev–Trinajstić information content (AvgIpc) is 2.83. The molecule has 0 amide bonds. The van der Waals surface area contributed by atoms with Crippen molar-refractivity contribution in [1.29, 1.82) is 0 Å². The van der Waals surface area contributed by atoms with Gasteiger partial charge >= 0.3 is 0 Å². The second-order valence-corrected chi connectivity index (χ2v) is 8.56. The topological polar surface area (TPSA) is 25.8 Å². The predicted octanol–water partition coefficient (Wildman–Crippen LogP) is 8.03. The van der Waals surface area contributed by atoms with Gasteiger partial charge in [-0.3, -0.25) is 0 Å². The molecule has 5 aromatic carbocycles. The number of para-hydroxylation sites is 1. The number of aromatic nitrogens is 2. The number of hydrogen-bond acceptors (Lipinski definition) is 2. The van der Waals surface area contributed by atoms with Crippen LogP contribution in [0.3, 0.4) is 0 Å². The van der Waals surface area contributed by atoms with Crippen molar-refractivity contribution >= 4 is 48.4 Å². The second-order valence-electron chi connectivity index (χ2n) is 7.64. The van der Waals surface area contributed by atoms with Crippen molar-refractivity contribution in [1.82, 2.24) is 9.97 Å². The standard InChI is InChI=1S/C28H17BrN2/c29-22-15-13-20(14-16-22)27-24-7-3-4-8-26(24)30-28(31-27)21-12-11-19-10-9-18-5-1-2-6-23(18)25(19)17-21/h1-17H. The van der Waals surface area contributed by atoms with Gasteiger partial charge in [-0.1, -0.05) is 94.8 Å². The third-order valence-electron chi connectivity index (χ3n) is 5.73. The van der Waals surface area contributed by atoms with Crippen molar-refractivity contribution in [3.8, 4) is 22.6 Å². The molecule has 3 heteroatoms. The maximum absolute atomic E-state index is 5.03. The van der Waals surface area contributed by atoms with Crippen LogP contribution in [0, 0.1) is 0 Å². The molecule has 0 spiro atoms. The monoisotopic (exact) mass is 460 g/mol. The van der Waals surface area contributed by atoms with E-state index in [1.165, 1.54) is 21.5 Å². The fourth-order valence-electron chi connectivity index (χ4n) is 4.17. The molecule has 6 rings (SSSR count). The fourth-order valence-corrected chi connectivity index (χ4v) is 4.44. The first-order chi connectivity index (χ1) is 15.3. The van der Waals surface area contributed by atoms with Gasteiger partial charge in [-0.15, -0.1) is 0 Å². The minimum absolute atomic E-state index is 0.742. The maximum Gasteiger partial charge on any atom is 0.160 e. The molecule has 1 heterocycles. The van der Waals surface area contributed by atoms with E-state index in [9.17, 15) is 0 Å². The highest BCUT2D eigenvalue weighted by molar-refractivity contribution is 9.10. The molecule has 0 saturated carbocycles. The van der Waals surface area contributed by atoms with Gasteiger partial charge in [0.05, 0.1) is 11.2 Å². The lowest BCUT2D eigenvalue weighted by Crippen LogP contribution is -1.95. The Labute approximate surface area is 188 Å². The summed E-state index contributed by atoms with van der Waals surface area (Å²) in [6.07, 6.45) is 0. The molecule has 0 saturated heterocycles. The van der Waals surface area contributed by atoms with E-state index in [2.05, 4.69) is 94.8 Å². The molecule has 31 heavy (non-hydrogen) atoms. The molecule has 0 aliphatic carbocycles. The summed E-state index contributed by atoms with van der Waals surface area (Å²) >= 11 is 3.53. The van der Waals surface area contributed by atoms with Gasteiger partial charge < -0.3 is 0 Å². The first-order valence-electron chi connectivity index (χ1n) is 10.2. The molecule has 2 nitrogen and oxygen atoms in total. The summed E-state index contributed by atoms with van der Waals surface area (Å²) in [6.45, 7) is 0. The van der Waals surface area contributed by atoms with Gasteiger partial charge in [-0.25, -0.2) is 9.97 Å². The Hall–Kier alpha value is -3.56. The molecule has 0 fully saturated rings. The summed E-state index contributed by atoms with van der Waals surface area (Å²) in [7, 11) is 0. The van der Waals surface area contributed by atoms with Gasteiger partial charge in [0.1, 0.15) is 0 Å². The molecule has 0 atom stereocenters. The van der Waals surface area contributed by atoms with Crippen LogP contribution in [0.2, 0.25) is 0 Å².